The van der Waals surface area contributed by atoms with Crippen LogP contribution >= 0.6 is 0 Å². The third-order valence-electron chi connectivity index (χ3n) is 5.93. The number of fused-ring (bicyclic) bond motifs is 3. The zero-order valence-electron chi connectivity index (χ0n) is 17.6. The van der Waals surface area contributed by atoms with Gasteiger partial charge in [0.15, 0.2) is 0 Å². The number of carbonyl (C=O) groups excluding carboxylic acids is 1. The SMILES string of the molecule is C#CCC1CCC(n2c(CC(=O)NCC(C)(C)O)nc3cnc4[nH]ccc4c32)CC1. The molecule has 7 heteroatoms. The van der Waals surface area contributed by atoms with Crippen LogP contribution in [0.2, 0.25) is 0 Å². The summed E-state index contributed by atoms with van der Waals surface area (Å²) in [6, 6.07) is 2.30. The van der Waals surface area contributed by atoms with Gasteiger partial charge in [0.1, 0.15) is 17.0 Å². The van der Waals surface area contributed by atoms with Gasteiger partial charge in [-0.15, -0.1) is 12.3 Å². The van der Waals surface area contributed by atoms with Gasteiger partial charge in [-0.1, -0.05) is 0 Å². The van der Waals surface area contributed by atoms with E-state index in [1.54, 1.807) is 20.0 Å². The summed E-state index contributed by atoms with van der Waals surface area (Å²) >= 11 is 0. The normalized spacial score (nSPS) is 19.8. The average Bonchev–Trinajstić information content (AvgIpc) is 3.30. The predicted molar refractivity (Wildman–Crippen MR) is 117 cm³/mol. The topological polar surface area (TPSA) is 95.8 Å². The molecular formula is C23H29N5O2. The third kappa shape index (κ3) is 4.19. The van der Waals surface area contributed by atoms with E-state index in [1.807, 2.05) is 12.3 Å². The Morgan fingerprint density at radius 1 is 1.40 bits per heavy atom. The van der Waals surface area contributed by atoms with Crippen molar-refractivity contribution < 1.29 is 9.90 Å². The maximum absolute atomic E-state index is 12.6. The standard InChI is InChI=1S/C23H29N5O2/c1-4-5-15-6-8-16(9-7-15)28-19(12-20(29)26-14-23(2,3)30)27-18-13-25-22-17(21(18)28)10-11-24-22/h1,10-11,13,15-16,30H,5-9,12,14H2,2-3H3,(H,24,25)(H,26,29). The molecule has 0 radical (unpaired) electrons. The lowest BCUT2D eigenvalue weighted by Gasteiger charge is -2.30. The van der Waals surface area contributed by atoms with Crippen LogP contribution in [0.15, 0.2) is 18.5 Å². The van der Waals surface area contributed by atoms with E-state index < -0.39 is 5.60 Å². The summed E-state index contributed by atoms with van der Waals surface area (Å²) in [6.45, 7) is 3.55. The second-order valence-electron chi connectivity index (χ2n) is 8.98. The molecule has 0 aliphatic heterocycles. The second-order valence-corrected chi connectivity index (χ2v) is 8.98. The van der Waals surface area contributed by atoms with Crippen LogP contribution in [0.25, 0.3) is 22.1 Å². The van der Waals surface area contributed by atoms with Crippen LogP contribution in [0.1, 0.15) is 57.8 Å². The van der Waals surface area contributed by atoms with Crippen molar-refractivity contribution >= 4 is 28.0 Å². The maximum atomic E-state index is 12.6. The highest BCUT2D eigenvalue weighted by molar-refractivity contribution is 6.01. The lowest BCUT2D eigenvalue weighted by molar-refractivity contribution is -0.121. The summed E-state index contributed by atoms with van der Waals surface area (Å²) in [6.07, 6.45) is 14.4. The lowest BCUT2D eigenvalue weighted by Crippen LogP contribution is -2.39. The molecule has 1 aliphatic carbocycles. The number of amides is 1. The Labute approximate surface area is 176 Å². The minimum Gasteiger partial charge on any atom is -0.389 e. The first kappa shape index (κ1) is 20.4. The quantitative estimate of drug-likeness (QED) is 0.547. The van der Waals surface area contributed by atoms with Crippen LogP contribution in [-0.4, -0.2) is 42.7 Å². The number of imidazole rings is 1. The first-order valence-corrected chi connectivity index (χ1v) is 10.6. The van der Waals surface area contributed by atoms with Crippen molar-refractivity contribution in [1.29, 1.82) is 0 Å². The van der Waals surface area contributed by atoms with Crippen molar-refractivity contribution in [3.63, 3.8) is 0 Å². The van der Waals surface area contributed by atoms with Crippen molar-refractivity contribution in [3.05, 3.63) is 24.3 Å². The Kier molecular flexibility index (Phi) is 5.52. The summed E-state index contributed by atoms with van der Waals surface area (Å²) in [7, 11) is 0. The van der Waals surface area contributed by atoms with Crippen LogP contribution < -0.4 is 5.32 Å². The number of aliphatic hydroxyl groups is 1. The molecule has 3 heterocycles. The van der Waals surface area contributed by atoms with Gasteiger partial charge in [-0.2, -0.15) is 0 Å². The third-order valence-corrected chi connectivity index (χ3v) is 5.93. The monoisotopic (exact) mass is 407 g/mol. The minimum absolute atomic E-state index is 0.145. The highest BCUT2D eigenvalue weighted by atomic mass is 16.3. The summed E-state index contributed by atoms with van der Waals surface area (Å²) in [5.41, 5.74) is 1.71. The molecule has 0 saturated heterocycles. The fraction of sp³-hybridized carbons (Fsp3) is 0.522. The number of hydrogen-bond acceptors (Lipinski definition) is 4. The lowest BCUT2D eigenvalue weighted by atomic mass is 9.84. The Hall–Kier alpha value is -2.85. The zero-order valence-corrected chi connectivity index (χ0v) is 17.6. The molecule has 30 heavy (non-hydrogen) atoms. The number of nitrogens with one attached hydrogen (secondary N) is 2. The number of hydrogen-bond donors (Lipinski definition) is 3. The molecule has 7 nitrogen and oxygen atoms in total. The maximum Gasteiger partial charge on any atom is 0.227 e. The van der Waals surface area contributed by atoms with Crippen molar-refractivity contribution in [1.82, 2.24) is 24.8 Å². The van der Waals surface area contributed by atoms with Gasteiger partial charge in [0.25, 0.3) is 0 Å². The van der Waals surface area contributed by atoms with E-state index in [0.29, 0.717) is 5.92 Å². The van der Waals surface area contributed by atoms with Gasteiger partial charge in [0, 0.05) is 30.6 Å². The number of rotatable bonds is 6. The van der Waals surface area contributed by atoms with Gasteiger partial charge in [-0.05, 0) is 51.5 Å². The zero-order chi connectivity index (χ0) is 21.3. The van der Waals surface area contributed by atoms with Crippen molar-refractivity contribution in [2.45, 2.75) is 64.0 Å². The highest BCUT2D eigenvalue weighted by Gasteiger charge is 2.27. The van der Waals surface area contributed by atoms with Gasteiger partial charge in [-0.25, -0.2) is 9.97 Å². The van der Waals surface area contributed by atoms with E-state index in [4.69, 9.17) is 11.4 Å². The second kappa shape index (κ2) is 8.11. The smallest absolute Gasteiger partial charge is 0.227 e. The van der Waals surface area contributed by atoms with Gasteiger partial charge in [0.2, 0.25) is 5.91 Å². The number of H-pyrrole nitrogens is 1. The summed E-state index contributed by atoms with van der Waals surface area (Å²) in [4.78, 5) is 25.0. The molecule has 0 bridgehead atoms. The summed E-state index contributed by atoms with van der Waals surface area (Å²) < 4.78 is 2.25. The molecule has 1 saturated carbocycles. The van der Waals surface area contributed by atoms with Crippen LogP contribution in [0.4, 0.5) is 0 Å². The Balaban J connectivity index is 1.68. The molecule has 1 fully saturated rings. The van der Waals surface area contributed by atoms with E-state index in [0.717, 1.165) is 60.0 Å². The number of aromatic amines is 1. The molecule has 1 aliphatic rings. The Bertz CT molecular complexity index is 1090. The minimum atomic E-state index is -0.952. The van der Waals surface area contributed by atoms with Gasteiger partial charge >= 0.3 is 0 Å². The van der Waals surface area contributed by atoms with Crippen LogP contribution in [0.3, 0.4) is 0 Å². The molecule has 0 unspecified atom stereocenters. The van der Waals surface area contributed by atoms with Gasteiger partial charge < -0.3 is 20.0 Å². The largest absolute Gasteiger partial charge is 0.389 e. The number of terminal acetylenes is 1. The van der Waals surface area contributed by atoms with E-state index in [9.17, 15) is 9.90 Å². The first-order valence-electron chi connectivity index (χ1n) is 10.6. The molecular weight excluding hydrogens is 378 g/mol. The number of pyridine rings is 1. The summed E-state index contributed by atoms with van der Waals surface area (Å²) in [5.74, 6) is 3.97. The van der Waals surface area contributed by atoms with Crippen LogP contribution in [-0.2, 0) is 11.2 Å². The van der Waals surface area contributed by atoms with Crippen molar-refractivity contribution in [2.75, 3.05) is 6.54 Å². The van der Waals surface area contributed by atoms with Gasteiger partial charge in [-0.3, -0.25) is 4.79 Å². The molecule has 0 aromatic carbocycles. The molecule has 0 atom stereocenters. The van der Waals surface area contributed by atoms with Crippen molar-refractivity contribution in [2.24, 2.45) is 5.92 Å². The first-order chi connectivity index (χ1) is 14.4. The van der Waals surface area contributed by atoms with Crippen LogP contribution in [0, 0.1) is 18.3 Å². The molecule has 3 aromatic heterocycles. The molecule has 4 rings (SSSR count). The van der Waals surface area contributed by atoms with E-state index in [1.165, 1.54) is 0 Å². The van der Waals surface area contributed by atoms with Crippen LogP contribution in [0.5, 0.6) is 0 Å². The molecule has 158 valence electrons. The fourth-order valence-corrected chi connectivity index (χ4v) is 4.45. The van der Waals surface area contributed by atoms with E-state index in [-0.39, 0.29) is 24.9 Å². The molecule has 3 N–H and O–H groups in total. The number of carbonyl (C=O) groups is 1. The predicted octanol–water partition coefficient (Wildman–Crippen LogP) is 3.10. The molecule has 0 spiro atoms. The van der Waals surface area contributed by atoms with Crippen molar-refractivity contribution in [3.8, 4) is 12.3 Å². The average molecular weight is 408 g/mol. The van der Waals surface area contributed by atoms with E-state index >= 15 is 0 Å². The van der Waals surface area contributed by atoms with E-state index in [2.05, 4.69) is 25.8 Å². The molecule has 3 aromatic rings. The highest BCUT2D eigenvalue weighted by Crippen LogP contribution is 2.37. The molecule has 1 amide bonds. The fourth-order valence-electron chi connectivity index (χ4n) is 4.45. The number of nitrogens with zero attached hydrogens (tertiary/aromatic N) is 3. The van der Waals surface area contributed by atoms with Gasteiger partial charge in [0.05, 0.1) is 23.7 Å². The Morgan fingerprint density at radius 3 is 2.87 bits per heavy atom. The summed E-state index contributed by atoms with van der Waals surface area (Å²) in [5, 5.41) is 13.7. The Morgan fingerprint density at radius 2 is 2.17 bits per heavy atom. The number of aromatic nitrogens is 4.